The average Bonchev–Trinajstić information content (AvgIpc) is 3.26. The number of carbonyl (C=O) groups excluding carboxylic acids is 1. The van der Waals surface area contributed by atoms with Crippen LogP contribution in [0.15, 0.2) is 47.8 Å². The molecule has 3 N–H and O–H groups in total. The van der Waals surface area contributed by atoms with E-state index in [1.807, 2.05) is 49.4 Å². The van der Waals surface area contributed by atoms with Gasteiger partial charge in [-0.15, -0.1) is 11.3 Å². The average molecular weight is 364 g/mol. The quantitative estimate of drug-likeness (QED) is 0.504. The van der Waals surface area contributed by atoms with Gasteiger partial charge in [-0.1, -0.05) is 18.2 Å². The first-order valence-electron chi connectivity index (χ1n) is 8.05. The lowest BCUT2D eigenvalue weighted by molar-refractivity contribution is 0.0946. The van der Waals surface area contributed by atoms with Gasteiger partial charge in [0.25, 0.3) is 5.91 Å². The first kappa shape index (κ1) is 16.2. The summed E-state index contributed by atoms with van der Waals surface area (Å²) in [6, 6.07) is 13.4. The summed E-state index contributed by atoms with van der Waals surface area (Å²) in [5.74, 6) is 1.16. The van der Waals surface area contributed by atoms with E-state index in [-0.39, 0.29) is 5.91 Å². The fourth-order valence-electron chi connectivity index (χ4n) is 2.50. The summed E-state index contributed by atoms with van der Waals surface area (Å²) >= 11 is 1.36. The number of hydrogen-bond donors (Lipinski definition) is 3. The highest BCUT2D eigenvalue weighted by molar-refractivity contribution is 7.14. The van der Waals surface area contributed by atoms with E-state index in [2.05, 4.69) is 30.6 Å². The molecule has 4 rings (SSSR count). The summed E-state index contributed by atoms with van der Waals surface area (Å²) < 4.78 is 0. The molecule has 4 aromatic rings. The third-order valence-corrected chi connectivity index (χ3v) is 4.47. The van der Waals surface area contributed by atoms with E-state index in [1.54, 1.807) is 5.38 Å². The summed E-state index contributed by atoms with van der Waals surface area (Å²) in [7, 11) is 0. The predicted octanol–water partition coefficient (Wildman–Crippen LogP) is 3.40. The van der Waals surface area contributed by atoms with E-state index >= 15 is 0 Å². The Hall–Kier alpha value is -3.26. The molecule has 1 aromatic carbocycles. The molecule has 3 aromatic heterocycles. The van der Waals surface area contributed by atoms with Crippen molar-refractivity contribution in [3.05, 3.63) is 65.1 Å². The molecule has 0 unspecified atom stereocenters. The van der Waals surface area contributed by atoms with Crippen LogP contribution in [0.3, 0.4) is 0 Å². The smallest absolute Gasteiger partial charge is 0.271 e. The van der Waals surface area contributed by atoms with E-state index in [9.17, 15) is 4.79 Å². The highest BCUT2D eigenvalue weighted by Gasteiger charge is 2.12. The van der Waals surface area contributed by atoms with Crippen molar-refractivity contribution < 1.29 is 4.79 Å². The van der Waals surface area contributed by atoms with E-state index in [0.717, 1.165) is 16.7 Å². The van der Waals surface area contributed by atoms with Gasteiger partial charge in [-0.2, -0.15) is 0 Å². The second kappa shape index (κ2) is 6.93. The molecule has 0 aliphatic heterocycles. The molecular weight excluding hydrogens is 348 g/mol. The lowest BCUT2D eigenvalue weighted by Crippen LogP contribution is -2.23. The van der Waals surface area contributed by atoms with Gasteiger partial charge in [-0.05, 0) is 31.2 Å². The number of hydrogen-bond acceptors (Lipinski definition) is 6. The first-order chi connectivity index (χ1) is 12.7. The molecule has 0 spiro atoms. The van der Waals surface area contributed by atoms with Crippen molar-refractivity contribution in [3.8, 4) is 0 Å². The number of aromatic amines is 1. The minimum absolute atomic E-state index is 0.244. The Morgan fingerprint density at radius 1 is 1.12 bits per heavy atom. The Morgan fingerprint density at radius 2 is 2.00 bits per heavy atom. The van der Waals surface area contributed by atoms with Gasteiger partial charge in [0.05, 0.1) is 17.6 Å². The Kier molecular flexibility index (Phi) is 4.32. The number of carbonyl (C=O) groups is 1. The van der Waals surface area contributed by atoms with E-state index in [0.29, 0.717) is 29.0 Å². The molecular formula is C18H16N6OS. The van der Waals surface area contributed by atoms with Crippen LogP contribution in [0, 0.1) is 6.92 Å². The number of imidazole rings is 1. The highest BCUT2D eigenvalue weighted by Crippen LogP contribution is 2.20. The number of aryl methyl sites for hydroxylation is 1. The number of H-pyrrole nitrogens is 1. The molecule has 0 aliphatic carbocycles. The standard InChI is InChI=1S/C18H16N6OS/c1-11-5-4-8-15(20-11)24-18-23-14(10-26-18)17(25)19-9-16-21-12-6-2-3-7-13(12)22-16/h2-8,10H,9H2,1H3,(H,19,25)(H,21,22)(H,20,23,24). The van der Waals surface area contributed by atoms with Gasteiger partial charge in [-0.3, -0.25) is 4.79 Å². The van der Waals surface area contributed by atoms with Crippen LogP contribution in [0.5, 0.6) is 0 Å². The molecule has 26 heavy (non-hydrogen) atoms. The van der Waals surface area contributed by atoms with Gasteiger partial charge in [0.15, 0.2) is 5.13 Å². The molecule has 0 saturated heterocycles. The van der Waals surface area contributed by atoms with Gasteiger partial charge in [-0.25, -0.2) is 15.0 Å². The van der Waals surface area contributed by atoms with Crippen molar-refractivity contribution in [2.24, 2.45) is 0 Å². The molecule has 130 valence electrons. The first-order valence-corrected chi connectivity index (χ1v) is 8.93. The monoisotopic (exact) mass is 364 g/mol. The number of aromatic nitrogens is 4. The number of rotatable bonds is 5. The maximum absolute atomic E-state index is 12.3. The molecule has 1 amide bonds. The minimum Gasteiger partial charge on any atom is -0.343 e. The number of amides is 1. The zero-order valence-corrected chi connectivity index (χ0v) is 14.8. The summed E-state index contributed by atoms with van der Waals surface area (Å²) in [5, 5.41) is 8.28. The Morgan fingerprint density at radius 3 is 2.85 bits per heavy atom. The number of benzene rings is 1. The molecule has 0 bridgehead atoms. The molecule has 0 aliphatic rings. The molecule has 0 radical (unpaired) electrons. The lowest BCUT2D eigenvalue weighted by atomic mass is 10.3. The highest BCUT2D eigenvalue weighted by atomic mass is 32.1. The maximum Gasteiger partial charge on any atom is 0.271 e. The number of thiazole rings is 1. The number of pyridine rings is 1. The summed E-state index contributed by atoms with van der Waals surface area (Å²) in [5.41, 5.74) is 3.10. The number of fused-ring (bicyclic) bond motifs is 1. The van der Waals surface area contributed by atoms with Gasteiger partial charge in [0.2, 0.25) is 0 Å². The number of para-hydroxylation sites is 2. The van der Waals surface area contributed by atoms with Gasteiger partial charge >= 0.3 is 0 Å². The third-order valence-electron chi connectivity index (χ3n) is 3.71. The van der Waals surface area contributed by atoms with Crippen molar-refractivity contribution in [3.63, 3.8) is 0 Å². The van der Waals surface area contributed by atoms with Crippen LogP contribution < -0.4 is 10.6 Å². The maximum atomic E-state index is 12.3. The van der Waals surface area contributed by atoms with Crippen LogP contribution in [-0.2, 0) is 6.54 Å². The summed E-state index contributed by atoms with van der Waals surface area (Å²) in [4.78, 5) is 28.6. The Balaban J connectivity index is 1.39. The second-order valence-corrected chi connectivity index (χ2v) is 6.57. The number of nitrogens with zero attached hydrogens (tertiary/aromatic N) is 3. The Bertz CT molecular complexity index is 1040. The fourth-order valence-corrected chi connectivity index (χ4v) is 3.20. The molecule has 7 nitrogen and oxygen atoms in total. The van der Waals surface area contributed by atoms with Crippen molar-refractivity contribution in [2.45, 2.75) is 13.5 Å². The van der Waals surface area contributed by atoms with Crippen LogP contribution in [0.25, 0.3) is 11.0 Å². The molecule has 0 fully saturated rings. The molecule has 8 heteroatoms. The van der Waals surface area contributed by atoms with Crippen molar-refractivity contribution >= 4 is 39.2 Å². The van der Waals surface area contributed by atoms with Crippen LogP contribution in [0.4, 0.5) is 10.9 Å². The molecule has 3 heterocycles. The predicted molar refractivity (Wildman–Crippen MR) is 102 cm³/mol. The van der Waals surface area contributed by atoms with E-state index in [1.165, 1.54) is 11.3 Å². The largest absolute Gasteiger partial charge is 0.343 e. The number of anilines is 2. The zero-order chi connectivity index (χ0) is 17.9. The van der Waals surface area contributed by atoms with Crippen LogP contribution in [0.1, 0.15) is 22.0 Å². The summed E-state index contributed by atoms with van der Waals surface area (Å²) in [6.45, 7) is 2.23. The van der Waals surface area contributed by atoms with Crippen molar-refractivity contribution in [1.82, 2.24) is 25.3 Å². The van der Waals surface area contributed by atoms with Crippen molar-refractivity contribution in [2.75, 3.05) is 5.32 Å². The van der Waals surface area contributed by atoms with Crippen LogP contribution in [0.2, 0.25) is 0 Å². The van der Waals surface area contributed by atoms with E-state index in [4.69, 9.17) is 0 Å². The van der Waals surface area contributed by atoms with E-state index < -0.39 is 0 Å². The van der Waals surface area contributed by atoms with Crippen LogP contribution >= 0.6 is 11.3 Å². The number of nitrogens with one attached hydrogen (secondary N) is 3. The van der Waals surface area contributed by atoms with Gasteiger partial charge < -0.3 is 15.6 Å². The normalized spacial score (nSPS) is 10.8. The third kappa shape index (κ3) is 3.55. The molecule has 0 saturated carbocycles. The van der Waals surface area contributed by atoms with Gasteiger partial charge in [0, 0.05) is 11.1 Å². The van der Waals surface area contributed by atoms with Gasteiger partial charge in [0.1, 0.15) is 17.3 Å². The topological polar surface area (TPSA) is 95.6 Å². The summed E-state index contributed by atoms with van der Waals surface area (Å²) in [6.07, 6.45) is 0. The van der Waals surface area contributed by atoms with Crippen LogP contribution in [-0.4, -0.2) is 25.8 Å². The molecule has 0 atom stereocenters. The SMILES string of the molecule is Cc1cccc(Nc2nc(C(=O)NCc3nc4ccccc4[nH]3)cs2)n1. The fraction of sp³-hybridized carbons (Fsp3) is 0.111. The zero-order valence-electron chi connectivity index (χ0n) is 14.0. The minimum atomic E-state index is -0.244. The second-order valence-electron chi connectivity index (χ2n) is 5.71. The lowest BCUT2D eigenvalue weighted by Gasteiger charge is -2.02. The van der Waals surface area contributed by atoms with Crippen molar-refractivity contribution in [1.29, 1.82) is 0 Å². The Labute approximate surface area is 153 Å².